The van der Waals surface area contributed by atoms with E-state index < -0.39 is 28.0 Å². The molecular weight excluding hydrogens is 432 g/mol. The van der Waals surface area contributed by atoms with E-state index in [0.717, 1.165) is 0 Å². The predicted molar refractivity (Wildman–Crippen MR) is 109 cm³/mol. The number of ketones is 1. The van der Waals surface area contributed by atoms with Crippen LogP contribution in [0.4, 0.5) is 0 Å². The lowest BCUT2D eigenvalue weighted by Gasteiger charge is -2.31. The number of benzene rings is 1. The number of nitrogens with zero attached hydrogens (tertiary/aromatic N) is 2. The summed E-state index contributed by atoms with van der Waals surface area (Å²) < 4.78 is 37.6. The standard InChI is InChI=1S/C20H23ClN2O6S/c1-12-19(14(3)29-22-12)30(26,27)23-10-4-5-16(11-23)20(25)28-13(2)18(24)15-6-8-17(21)9-7-15/h6-9,13,16H,4-5,10-11H2,1-3H3. The number of ether oxygens (including phenoxy) is 1. The zero-order valence-corrected chi connectivity index (χ0v) is 18.5. The molecule has 2 aromatic rings. The lowest BCUT2D eigenvalue weighted by Crippen LogP contribution is -2.43. The molecule has 1 aliphatic rings. The third kappa shape index (κ3) is 4.58. The number of sulfonamides is 1. The largest absolute Gasteiger partial charge is 0.454 e. The third-order valence-electron chi connectivity index (χ3n) is 5.07. The molecule has 0 spiro atoms. The molecule has 1 aromatic carbocycles. The van der Waals surface area contributed by atoms with E-state index in [1.165, 1.54) is 18.2 Å². The molecule has 3 rings (SSSR count). The van der Waals surface area contributed by atoms with Crippen molar-refractivity contribution in [3.05, 3.63) is 46.3 Å². The highest BCUT2D eigenvalue weighted by Gasteiger charge is 2.37. The van der Waals surface area contributed by atoms with Crippen molar-refractivity contribution in [1.29, 1.82) is 0 Å². The first-order valence-corrected chi connectivity index (χ1v) is 11.4. The number of carbonyl (C=O) groups is 2. The quantitative estimate of drug-likeness (QED) is 0.487. The molecule has 0 N–H and O–H groups in total. The molecular formula is C20H23ClN2O6S. The van der Waals surface area contributed by atoms with Gasteiger partial charge in [0.25, 0.3) is 0 Å². The van der Waals surface area contributed by atoms with Gasteiger partial charge in [-0.1, -0.05) is 16.8 Å². The summed E-state index contributed by atoms with van der Waals surface area (Å²) in [5, 5.41) is 4.20. The number of halogens is 1. The second kappa shape index (κ2) is 8.87. The number of carbonyl (C=O) groups excluding carboxylic acids is 2. The lowest BCUT2D eigenvalue weighted by molar-refractivity contribution is -0.152. The zero-order chi connectivity index (χ0) is 22.1. The Balaban J connectivity index is 1.68. The van der Waals surface area contributed by atoms with E-state index in [1.54, 1.807) is 31.2 Å². The third-order valence-corrected chi connectivity index (χ3v) is 7.44. The molecule has 1 aliphatic heterocycles. The smallest absolute Gasteiger partial charge is 0.310 e. The molecule has 0 amide bonds. The van der Waals surface area contributed by atoms with Crippen molar-refractivity contribution in [2.24, 2.45) is 5.92 Å². The van der Waals surface area contributed by atoms with Gasteiger partial charge in [0.15, 0.2) is 11.9 Å². The van der Waals surface area contributed by atoms with Crippen LogP contribution in [-0.4, -0.2) is 48.8 Å². The highest BCUT2D eigenvalue weighted by atomic mass is 35.5. The molecule has 10 heteroatoms. The SMILES string of the molecule is Cc1noc(C)c1S(=O)(=O)N1CCCC(C(=O)OC(C)C(=O)c2ccc(Cl)cc2)C1. The molecule has 1 aromatic heterocycles. The fourth-order valence-corrected chi connectivity index (χ4v) is 5.44. The van der Waals surface area contributed by atoms with Crippen LogP contribution >= 0.6 is 11.6 Å². The van der Waals surface area contributed by atoms with Crippen molar-refractivity contribution in [2.75, 3.05) is 13.1 Å². The van der Waals surface area contributed by atoms with Crippen LogP contribution in [0.25, 0.3) is 0 Å². The normalized spacial score (nSPS) is 18.7. The summed E-state index contributed by atoms with van der Waals surface area (Å²) in [5.41, 5.74) is 0.658. The van der Waals surface area contributed by atoms with Crippen molar-refractivity contribution < 1.29 is 27.3 Å². The van der Waals surface area contributed by atoms with Crippen molar-refractivity contribution in [3.8, 4) is 0 Å². The predicted octanol–water partition coefficient (Wildman–Crippen LogP) is 3.16. The van der Waals surface area contributed by atoms with Gasteiger partial charge in [0.05, 0.1) is 5.92 Å². The first-order valence-electron chi connectivity index (χ1n) is 9.54. The molecule has 0 saturated carbocycles. The number of aromatic nitrogens is 1. The number of esters is 1. The first-order chi connectivity index (χ1) is 14.1. The van der Waals surface area contributed by atoms with Gasteiger partial charge >= 0.3 is 5.97 Å². The van der Waals surface area contributed by atoms with E-state index in [0.29, 0.717) is 23.4 Å². The fourth-order valence-electron chi connectivity index (χ4n) is 3.50. The minimum absolute atomic E-state index is 0.0208. The van der Waals surface area contributed by atoms with Crippen molar-refractivity contribution in [1.82, 2.24) is 9.46 Å². The highest BCUT2D eigenvalue weighted by molar-refractivity contribution is 7.89. The lowest BCUT2D eigenvalue weighted by atomic mass is 9.99. The molecule has 162 valence electrons. The minimum Gasteiger partial charge on any atom is -0.454 e. The first kappa shape index (κ1) is 22.5. The average Bonchev–Trinajstić information content (AvgIpc) is 3.06. The monoisotopic (exact) mass is 454 g/mol. The number of hydrogen-bond donors (Lipinski definition) is 0. The van der Waals surface area contributed by atoms with E-state index in [9.17, 15) is 18.0 Å². The topological polar surface area (TPSA) is 107 Å². The Hall–Kier alpha value is -2.23. The molecule has 0 radical (unpaired) electrons. The summed E-state index contributed by atoms with van der Waals surface area (Å²) in [6, 6.07) is 6.30. The maximum absolute atomic E-state index is 13.0. The van der Waals surface area contributed by atoms with E-state index in [4.69, 9.17) is 20.9 Å². The van der Waals surface area contributed by atoms with Gasteiger partial charge in [-0.05, 0) is 57.9 Å². The number of aryl methyl sites for hydroxylation is 2. The summed E-state index contributed by atoms with van der Waals surface area (Å²) >= 11 is 5.83. The fraction of sp³-hybridized carbons (Fsp3) is 0.450. The van der Waals surface area contributed by atoms with Crippen LogP contribution in [-0.2, 0) is 19.6 Å². The molecule has 0 aliphatic carbocycles. The zero-order valence-electron chi connectivity index (χ0n) is 16.9. The van der Waals surface area contributed by atoms with Gasteiger partial charge in [-0.3, -0.25) is 9.59 Å². The Kier molecular flexibility index (Phi) is 6.64. The van der Waals surface area contributed by atoms with Crippen LogP contribution in [0.3, 0.4) is 0 Å². The molecule has 2 unspecified atom stereocenters. The molecule has 30 heavy (non-hydrogen) atoms. The number of rotatable bonds is 6. The van der Waals surface area contributed by atoms with Crippen LogP contribution in [0.15, 0.2) is 33.7 Å². The highest BCUT2D eigenvalue weighted by Crippen LogP contribution is 2.28. The maximum atomic E-state index is 13.0. The van der Waals surface area contributed by atoms with Crippen LogP contribution < -0.4 is 0 Å². The second-order valence-electron chi connectivity index (χ2n) is 7.31. The van der Waals surface area contributed by atoms with Crippen molar-refractivity contribution in [2.45, 2.75) is 44.6 Å². The van der Waals surface area contributed by atoms with E-state index in [-0.39, 0.29) is 35.2 Å². The summed E-state index contributed by atoms with van der Waals surface area (Å²) in [5.74, 6) is -1.40. The van der Waals surface area contributed by atoms with E-state index >= 15 is 0 Å². The van der Waals surface area contributed by atoms with Crippen molar-refractivity contribution in [3.63, 3.8) is 0 Å². The Labute approximate surface area is 180 Å². The Morgan fingerprint density at radius 3 is 2.53 bits per heavy atom. The van der Waals surface area contributed by atoms with Gasteiger partial charge in [0, 0.05) is 23.7 Å². The van der Waals surface area contributed by atoms with Gasteiger partial charge in [-0.25, -0.2) is 8.42 Å². The second-order valence-corrected chi connectivity index (χ2v) is 9.62. The minimum atomic E-state index is -3.85. The molecule has 2 heterocycles. The Morgan fingerprint density at radius 2 is 1.93 bits per heavy atom. The molecule has 0 bridgehead atoms. The summed E-state index contributed by atoms with van der Waals surface area (Å²) in [4.78, 5) is 25.2. The van der Waals surface area contributed by atoms with Crippen LogP contribution in [0, 0.1) is 19.8 Å². The van der Waals surface area contributed by atoms with Crippen molar-refractivity contribution >= 4 is 33.4 Å². The van der Waals surface area contributed by atoms with Gasteiger partial charge < -0.3 is 9.26 Å². The van der Waals surface area contributed by atoms with Crippen LogP contribution in [0.2, 0.25) is 5.02 Å². The molecule has 2 atom stereocenters. The van der Waals surface area contributed by atoms with Gasteiger partial charge in [-0.15, -0.1) is 0 Å². The van der Waals surface area contributed by atoms with E-state index in [2.05, 4.69) is 5.16 Å². The Morgan fingerprint density at radius 1 is 1.27 bits per heavy atom. The van der Waals surface area contributed by atoms with Gasteiger partial charge in [0.1, 0.15) is 10.6 Å². The summed E-state index contributed by atoms with van der Waals surface area (Å²) in [6.45, 7) is 4.86. The van der Waals surface area contributed by atoms with Crippen LogP contribution in [0.5, 0.6) is 0 Å². The van der Waals surface area contributed by atoms with Gasteiger partial charge in [0.2, 0.25) is 15.8 Å². The molecule has 8 nitrogen and oxygen atoms in total. The van der Waals surface area contributed by atoms with Crippen LogP contribution in [0.1, 0.15) is 41.6 Å². The number of hydrogen-bond acceptors (Lipinski definition) is 7. The summed E-state index contributed by atoms with van der Waals surface area (Å²) in [6.07, 6.45) is -0.0101. The van der Waals surface area contributed by atoms with E-state index in [1.807, 2.05) is 0 Å². The maximum Gasteiger partial charge on any atom is 0.310 e. The van der Waals surface area contributed by atoms with Gasteiger partial charge in [-0.2, -0.15) is 4.31 Å². The molecule has 1 fully saturated rings. The average molecular weight is 455 g/mol. The Bertz CT molecular complexity index is 1030. The summed E-state index contributed by atoms with van der Waals surface area (Å²) in [7, 11) is -3.85. The number of piperidine rings is 1. The number of Topliss-reactive ketones (excluding diaryl/α,β-unsaturated/α-hetero) is 1. The molecule has 1 saturated heterocycles.